The zero-order chi connectivity index (χ0) is 9.14. The van der Waals surface area contributed by atoms with Gasteiger partial charge in [0.1, 0.15) is 0 Å². The van der Waals surface area contributed by atoms with E-state index in [1.807, 2.05) is 0 Å². The Morgan fingerprint density at radius 2 is 2.08 bits per heavy atom. The smallest absolute Gasteiger partial charge is 0.263 e. The van der Waals surface area contributed by atoms with Crippen LogP contribution in [0, 0.1) is 0 Å². The van der Waals surface area contributed by atoms with Crippen molar-refractivity contribution < 1.29 is 13.6 Å². The summed E-state index contributed by atoms with van der Waals surface area (Å²) in [7, 11) is 0. The molecule has 1 rings (SSSR count). The second-order valence-electron chi connectivity index (χ2n) is 2.20. The zero-order valence-corrected chi connectivity index (χ0v) is 7.51. The second-order valence-corrected chi connectivity index (χ2v) is 3.05. The van der Waals surface area contributed by atoms with E-state index in [4.69, 9.17) is 0 Å². The van der Waals surface area contributed by atoms with Crippen molar-refractivity contribution >= 4 is 22.2 Å². The van der Waals surface area contributed by atoms with Gasteiger partial charge in [-0.1, -0.05) is 28.1 Å². The lowest BCUT2D eigenvalue weighted by Gasteiger charge is -2.01. The number of hydrogen-bond acceptors (Lipinski definition) is 1. The topological polar surface area (TPSA) is 17.1 Å². The molecule has 0 aliphatic carbocycles. The van der Waals surface area contributed by atoms with Crippen molar-refractivity contribution in [3.05, 3.63) is 33.8 Å². The summed E-state index contributed by atoms with van der Waals surface area (Å²) >= 11 is 3.01. The highest BCUT2D eigenvalue weighted by Gasteiger charge is 2.08. The minimum atomic E-state index is -2.50. The monoisotopic (exact) mass is 234 g/mol. The summed E-state index contributed by atoms with van der Waals surface area (Å²) in [6, 6.07) is 3.84. The van der Waals surface area contributed by atoms with E-state index in [1.54, 1.807) is 0 Å². The third kappa shape index (κ3) is 1.88. The predicted octanol–water partition coefficient (Wildman–Crippen LogP) is 3.20. The fourth-order valence-corrected chi connectivity index (χ4v) is 1.26. The number of alkyl halides is 2. The van der Waals surface area contributed by atoms with Gasteiger partial charge in [-0.3, -0.25) is 4.79 Å². The Morgan fingerprint density at radius 1 is 1.42 bits per heavy atom. The summed E-state index contributed by atoms with van der Waals surface area (Å²) in [4.78, 5) is 10.3. The second kappa shape index (κ2) is 3.76. The van der Waals surface area contributed by atoms with Gasteiger partial charge in [0.2, 0.25) is 0 Å². The van der Waals surface area contributed by atoms with Gasteiger partial charge in [0.05, 0.1) is 0 Å². The van der Waals surface area contributed by atoms with Crippen LogP contribution in [-0.2, 0) is 0 Å². The van der Waals surface area contributed by atoms with Crippen LogP contribution in [0.4, 0.5) is 8.78 Å². The normalized spacial score (nSPS) is 10.3. The van der Waals surface area contributed by atoms with Crippen molar-refractivity contribution in [3.8, 4) is 0 Å². The minimum absolute atomic E-state index is 0.0903. The molecule has 4 heteroatoms. The number of rotatable bonds is 2. The number of aldehydes is 1. The highest BCUT2D eigenvalue weighted by Crippen LogP contribution is 2.24. The van der Waals surface area contributed by atoms with Gasteiger partial charge in [-0.15, -0.1) is 0 Å². The Balaban J connectivity index is 3.10. The van der Waals surface area contributed by atoms with E-state index in [0.29, 0.717) is 16.3 Å². The molecule has 1 aromatic carbocycles. The van der Waals surface area contributed by atoms with E-state index in [0.717, 1.165) is 0 Å². The molecule has 0 radical (unpaired) electrons. The van der Waals surface area contributed by atoms with Gasteiger partial charge in [-0.2, -0.15) is 0 Å². The van der Waals surface area contributed by atoms with Gasteiger partial charge in [-0.05, 0) is 6.07 Å². The number of benzene rings is 1. The molecular weight excluding hydrogens is 230 g/mol. The van der Waals surface area contributed by atoms with Crippen LogP contribution in [0.1, 0.15) is 22.3 Å². The highest BCUT2D eigenvalue weighted by molar-refractivity contribution is 9.10. The molecule has 64 valence electrons. The largest absolute Gasteiger partial charge is 0.298 e. The Labute approximate surface area is 76.5 Å². The molecule has 0 bridgehead atoms. The SMILES string of the molecule is O=Cc1ccc(C(F)F)cc1Br. The van der Waals surface area contributed by atoms with Crippen LogP contribution in [0.15, 0.2) is 22.7 Å². The molecule has 1 nitrogen and oxygen atoms in total. The molecule has 0 heterocycles. The van der Waals surface area contributed by atoms with Gasteiger partial charge in [0.25, 0.3) is 6.43 Å². The average molecular weight is 235 g/mol. The molecule has 0 atom stereocenters. The van der Waals surface area contributed by atoms with Gasteiger partial charge in [0, 0.05) is 15.6 Å². The van der Waals surface area contributed by atoms with E-state index >= 15 is 0 Å². The van der Waals surface area contributed by atoms with Crippen LogP contribution < -0.4 is 0 Å². The molecule has 12 heavy (non-hydrogen) atoms. The molecule has 0 saturated carbocycles. The van der Waals surface area contributed by atoms with E-state index in [-0.39, 0.29) is 5.56 Å². The molecule has 0 aliphatic heterocycles. The molecule has 0 amide bonds. The first-order valence-electron chi connectivity index (χ1n) is 3.18. The summed E-state index contributed by atoms with van der Waals surface area (Å²) < 4.78 is 24.5. The lowest BCUT2D eigenvalue weighted by molar-refractivity contribution is 0.112. The Kier molecular flexibility index (Phi) is 2.92. The van der Waals surface area contributed by atoms with Crippen LogP contribution in [0.25, 0.3) is 0 Å². The first-order valence-corrected chi connectivity index (χ1v) is 3.97. The molecular formula is C8H5BrF2O. The molecule has 0 spiro atoms. The fraction of sp³-hybridized carbons (Fsp3) is 0.125. The molecule has 0 aliphatic rings. The van der Waals surface area contributed by atoms with Crippen molar-refractivity contribution in [2.45, 2.75) is 6.43 Å². The van der Waals surface area contributed by atoms with E-state index in [2.05, 4.69) is 15.9 Å². The maximum atomic E-state index is 12.1. The molecule has 0 fully saturated rings. The lowest BCUT2D eigenvalue weighted by Crippen LogP contribution is -1.87. The van der Waals surface area contributed by atoms with Crippen molar-refractivity contribution in [2.24, 2.45) is 0 Å². The summed E-state index contributed by atoms with van der Waals surface area (Å²) in [5.41, 5.74) is 0.284. The lowest BCUT2D eigenvalue weighted by atomic mass is 10.1. The number of hydrogen-bond donors (Lipinski definition) is 0. The van der Waals surface area contributed by atoms with Crippen molar-refractivity contribution in [2.75, 3.05) is 0 Å². The van der Waals surface area contributed by atoms with Crippen LogP contribution in [0.3, 0.4) is 0 Å². The standard InChI is InChI=1S/C8H5BrF2O/c9-7-3-5(8(10)11)1-2-6(7)4-12/h1-4,8H. The average Bonchev–Trinajstić information content (AvgIpc) is 2.04. The third-order valence-corrected chi connectivity index (χ3v) is 2.09. The third-order valence-electron chi connectivity index (χ3n) is 1.40. The summed E-state index contributed by atoms with van der Waals surface area (Å²) in [6.45, 7) is 0. The number of halogens is 3. The Bertz CT molecular complexity index is 299. The summed E-state index contributed by atoms with van der Waals surface area (Å²) in [6.07, 6.45) is -1.89. The zero-order valence-electron chi connectivity index (χ0n) is 5.93. The summed E-state index contributed by atoms with van der Waals surface area (Å²) in [5.74, 6) is 0. The maximum Gasteiger partial charge on any atom is 0.263 e. The molecule has 0 aromatic heterocycles. The van der Waals surface area contributed by atoms with Gasteiger partial charge < -0.3 is 0 Å². The highest BCUT2D eigenvalue weighted by atomic mass is 79.9. The van der Waals surface area contributed by atoms with Crippen LogP contribution >= 0.6 is 15.9 Å². The predicted molar refractivity (Wildman–Crippen MR) is 44.5 cm³/mol. The Hall–Kier alpha value is -0.770. The number of carbonyl (C=O) groups excluding carboxylic acids is 1. The minimum Gasteiger partial charge on any atom is -0.298 e. The van der Waals surface area contributed by atoms with Gasteiger partial charge in [0.15, 0.2) is 6.29 Å². The first-order chi connectivity index (χ1) is 5.65. The fourth-order valence-electron chi connectivity index (χ4n) is 0.775. The Morgan fingerprint density at radius 3 is 2.50 bits per heavy atom. The van der Waals surface area contributed by atoms with Gasteiger partial charge in [-0.25, -0.2) is 8.78 Å². The van der Waals surface area contributed by atoms with E-state index in [1.165, 1.54) is 18.2 Å². The quantitative estimate of drug-likeness (QED) is 0.719. The first kappa shape index (κ1) is 9.32. The number of carbonyl (C=O) groups is 1. The van der Waals surface area contributed by atoms with Crippen LogP contribution in [0.2, 0.25) is 0 Å². The molecule has 0 unspecified atom stereocenters. The van der Waals surface area contributed by atoms with Crippen LogP contribution in [-0.4, -0.2) is 6.29 Å². The van der Waals surface area contributed by atoms with Crippen molar-refractivity contribution in [1.29, 1.82) is 0 Å². The molecule has 0 saturated heterocycles. The van der Waals surface area contributed by atoms with E-state index < -0.39 is 6.43 Å². The van der Waals surface area contributed by atoms with Crippen molar-refractivity contribution in [3.63, 3.8) is 0 Å². The maximum absolute atomic E-state index is 12.1. The van der Waals surface area contributed by atoms with E-state index in [9.17, 15) is 13.6 Å². The van der Waals surface area contributed by atoms with Gasteiger partial charge >= 0.3 is 0 Å². The van der Waals surface area contributed by atoms with Crippen LogP contribution in [0.5, 0.6) is 0 Å². The molecule has 0 N–H and O–H groups in total. The van der Waals surface area contributed by atoms with Crippen molar-refractivity contribution in [1.82, 2.24) is 0 Å². The molecule has 1 aromatic rings. The summed E-state index contributed by atoms with van der Waals surface area (Å²) in [5, 5.41) is 0.